The van der Waals surface area contributed by atoms with E-state index in [1.165, 1.54) is 28.0 Å². The number of benzene rings is 3. The summed E-state index contributed by atoms with van der Waals surface area (Å²) in [4.78, 5) is 53.9. The van der Waals surface area contributed by atoms with E-state index in [4.69, 9.17) is 0 Å². The van der Waals surface area contributed by atoms with Crippen LogP contribution in [-0.4, -0.2) is 46.9 Å². The monoisotopic (exact) mass is 459 g/mol. The van der Waals surface area contributed by atoms with Crippen LogP contribution >= 0.6 is 11.8 Å². The number of hydrogen-bond donors (Lipinski definition) is 1. The molecule has 1 aliphatic rings. The van der Waals surface area contributed by atoms with E-state index in [1.807, 2.05) is 30.3 Å². The van der Waals surface area contributed by atoms with E-state index in [0.29, 0.717) is 10.6 Å². The maximum atomic E-state index is 12.9. The van der Waals surface area contributed by atoms with E-state index in [2.05, 4.69) is 5.32 Å². The predicted octanol–water partition coefficient (Wildman–Crippen LogP) is 4.51. The van der Waals surface area contributed by atoms with Crippen LogP contribution in [0.15, 0.2) is 77.7 Å². The zero-order chi connectivity index (χ0) is 23.5. The summed E-state index contributed by atoms with van der Waals surface area (Å²) in [5, 5.41) is 2.63. The summed E-state index contributed by atoms with van der Waals surface area (Å²) in [6.07, 6.45) is 0. The minimum atomic E-state index is -0.440. The van der Waals surface area contributed by atoms with Gasteiger partial charge in [0.05, 0.1) is 23.4 Å². The smallest absolute Gasteiger partial charge is 0.286 e. The highest BCUT2D eigenvalue weighted by atomic mass is 32.2. The Balaban J connectivity index is 1.54. The zero-order valence-corrected chi connectivity index (χ0v) is 18.9. The number of carbonyl (C=O) groups excluding carboxylic acids is 4. The van der Waals surface area contributed by atoms with Crippen LogP contribution in [0.5, 0.6) is 0 Å². The Hall–Kier alpha value is -3.91. The normalized spacial score (nSPS) is 12.5. The van der Waals surface area contributed by atoms with Crippen molar-refractivity contribution in [1.29, 1.82) is 0 Å². The van der Waals surface area contributed by atoms with Gasteiger partial charge in [-0.1, -0.05) is 42.5 Å². The molecule has 0 spiro atoms. The largest absolute Gasteiger partial charge is 0.339 e. The molecular weight excluding hydrogens is 438 g/mol. The fourth-order valence-electron chi connectivity index (χ4n) is 3.38. The van der Waals surface area contributed by atoms with Crippen molar-refractivity contribution in [2.45, 2.75) is 11.4 Å². The molecule has 1 heterocycles. The van der Waals surface area contributed by atoms with Gasteiger partial charge in [0, 0.05) is 24.6 Å². The summed E-state index contributed by atoms with van der Waals surface area (Å²) in [6, 6.07) is 20.7. The molecule has 0 aliphatic carbocycles. The lowest BCUT2D eigenvalue weighted by molar-refractivity contribution is 0.0642. The maximum absolute atomic E-state index is 12.9. The standard InChI is InChI=1S/C25H21N3O4S/c1-27(2)25(32)33-21-11-7-6-10-20(21)26-22(29)17-12-13-18-19(14-17)24(31)28(23(18)30)15-16-8-4-3-5-9-16/h3-14H,15H2,1-2H3,(H,26,29). The Morgan fingerprint density at radius 1 is 0.879 bits per heavy atom. The molecule has 33 heavy (non-hydrogen) atoms. The topological polar surface area (TPSA) is 86.8 Å². The molecule has 1 aliphatic heterocycles. The van der Waals surface area contributed by atoms with Crippen LogP contribution in [0.1, 0.15) is 36.6 Å². The first-order valence-electron chi connectivity index (χ1n) is 10.2. The van der Waals surface area contributed by atoms with Gasteiger partial charge in [0.2, 0.25) is 0 Å². The molecule has 0 atom stereocenters. The summed E-state index contributed by atoms with van der Waals surface area (Å²) in [5.41, 5.74) is 2.05. The van der Waals surface area contributed by atoms with Crippen molar-refractivity contribution < 1.29 is 19.2 Å². The number of nitrogens with zero attached hydrogens (tertiary/aromatic N) is 2. The van der Waals surface area contributed by atoms with E-state index >= 15 is 0 Å². The predicted molar refractivity (Wildman–Crippen MR) is 126 cm³/mol. The van der Waals surface area contributed by atoms with Gasteiger partial charge in [0.15, 0.2) is 0 Å². The maximum Gasteiger partial charge on any atom is 0.286 e. The van der Waals surface area contributed by atoms with Crippen LogP contribution in [0.3, 0.4) is 0 Å². The van der Waals surface area contributed by atoms with Gasteiger partial charge in [0.1, 0.15) is 0 Å². The van der Waals surface area contributed by atoms with Gasteiger partial charge in [0.25, 0.3) is 23.0 Å². The second-order valence-corrected chi connectivity index (χ2v) is 8.65. The first-order valence-corrected chi connectivity index (χ1v) is 11.0. The first-order chi connectivity index (χ1) is 15.8. The number of nitrogens with one attached hydrogen (secondary N) is 1. The van der Waals surface area contributed by atoms with Gasteiger partial charge in [-0.25, -0.2) is 0 Å². The molecule has 7 nitrogen and oxygen atoms in total. The molecule has 1 N–H and O–H groups in total. The molecule has 0 bridgehead atoms. The summed E-state index contributed by atoms with van der Waals surface area (Å²) >= 11 is 1.00. The van der Waals surface area contributed by atoms with Crippen molar-refractivity contribution in [3.8, 4) is 0 Å². The quantitative estimate of drug-likeness (QED) is 0.448. The van der Waals surface area contributed by atoms with Gasteiger partial charge in [-0.15, -0.1) is 0 Å². The van der Waals surface area contributed by atoms with Crippen LogP contribution < -0.4 is 5.32 Å². The Labute approximate surface area is 195 Å². The van der Waals surface area contributed by atoms with Crippen molar-refractivity contribution >= 4 is 40.4 Å². The number of anilines is 1. The number of fused-ring (bicyclic) bond motifs is 1. The van der Waals surface area contributed by atoms with Crippen molar-refractivity contribution in [2.75, 3.05) is 19.4 Å². The summed E-state index contributed by atoms with van der Waals surface area (Å²) in [6.45, 7) is 0.166. The van der Waals surface area contributed by atoms with Crippen molar-refractivity contribution in [3.05, 3.63) is 95.1 Å². The van der Waals surface area contributed by atoms with Crippen molar-refractivity contribution in [1.82, 2.24) is 9.80 Å². The fourth-order valence-corrected chi connectivity index (χ4v) is 4.13. The van der Waals surface area contributed by atoms with Gasteiger partial charge in [-0.3, -0.25) is 24.1 Å². The van der Waals surface area contributed by atoms with Gasteiger partial charge >= 0.3 is 0 Å². The zero-order valence-electron chi connectivity index (χ0n) is 18.1. The average Bonchev–Trinajstić information content (AvgIpc) is 3.05. The molecule has 0 aromatic heterocycles. The number of carbonyl (C=O) groups is 4. The Morgan fingerprint density at radius 2 is 1.55 bits per heavy atom. The molecule has 4 amide bonds. The van der Waals surface area contributed by atoms with Gasteiger partial charge < -0.3 is 10.2 Å². The summed E-state index contributed by atoms with van der Waals surface area (Å²) in [5.74, 6) is -1.25. The molecule has 0 saturated carbocycles. The van der Waals surface area contributed by atoms with Gasteiger partial charge in [-0.05, 0) is 47.7 Å². The van der Waals surface area contributed by atoms with Crippen molar-refractivity contribution in [2.24, 2.45) is 0 Å². The highest BCUT2D eigenvalue weighted by molar-refractivity contribution is 8.13. The van der Waals surface area contributed by atoms with E-state index < -0.39 is 11.8 Å². The lowest BCUT2D eigenvalue weighted by atomic mass is 10.1. The highest BCUT2D eigenvalue weighted by Crippen LogP contribution is 2.30. The molecule has 166 valence electrons. The average molecular weight is 460 g/mol. The molecule has 3 aromatic rings. The number of para-hydroxylation sites is 1. The molecule has 0 saturated heterocycles. The van der Waals surface area contributed by atoms with E-state index in [-0.39, 0.29) is 34.4 Å². The SMILES string of the molecule is CN(C)C(=O)Sc1ccccc1NC(=O)c1ccc2c(c1)C(=O)N(Cc1ccccc1)C2=O. The van der Waals surface area contributed by atoms with Crippen LogP contribution in [-0.2, 0) is 6.54 Å². The van der Waals surface area contributed by atoms with E-state index in [9.17, 15) is 19.2 Å². The van der Waals surface area contributed by atoms with Crippen LogP contribution in [0.25, 0.3) is 0 Å². The van der Waals surface area contributed by atoms with Gasteiger partial charge in [-0.2, -0.15) is 0 Å². The second-order valence-electron chi connectivity index (χ2n) is 7.66. The third kappa shape index (κ3) is 4.65. The number of imide groups is 1. The number of thioether (sulfide) groups is 1. The molecule has 0 unspecified atom stereocenters. The second kappa shape index (κ2) is 9.30. The van der Waals surface area contributed by atoms with Crippen LogP contribution in [0, 0.1) is 0 Å². The third-order valence-electron chi connectivity index (χ3n) is 5.11. The minimum absolute atomic E-state index is 0.166. The van der Waals surface area contributed by atoms with E-state index in [1.54, 1.807) is 38.4 Å². The Morgan fingerprint density at radius 3 is 2.27 bits per heavy atom. The Kier molecular flexibility index (Phi) is 6.28. The number of amides is 4. The fraction of sp³-hybridized carbons (Fsp3) is 0.120. The third-order valence-corrected chi connectivity index (χ3v) is 6.23. The van der Waals surface area contributed by atoms with Crippen molar-refractivity contribution in [3.63, 3.8) is 0 Å². The van der Waals surface area contributed by atoms with E-state index in [0.717, 1.165) is 17.3 Å². The number of rotatable bonds is 5. The molecular formula is C25H21N3O4S. The lowest BCUT2D eigenvalue weighted by Gasteiger charge is -2.13. The summed E-state index contributed by atoms with van der Waals surface area (Å²) < 4.78 is 0. The first kappa shape index (κ1) is 22.3. The van der Waals surface area contributed by atoms with Crippen LogP contribution in [0.2, 0.25) is 0 Å². The molecule has 3 aromatic carbocycles. The molecule has 0 fully saturated rings. The molecule has 4 rings (SSSR count). The summed E-state index contributed by atoms with van der Waals surface area (Å²) in [7, 11) is 3.31. The Bertz CT molecular complexity index is 1260. The van der Waals surface area contributed by atoms with Crippen LogP contribution in [0.4, 0.5) is 10.5 Å². The minimum Gasteiger partial charge on any atom is -0.339 e. The highest BCUT2D eigenvalue weighted by Gasteiger charge is 2.36. The molecule has 0 radical (unpaired) electrons. The lowest BCUT2D eigenvalue weighted by Crippen LogP contribution is -2.29. The number of hydrogen-bond acceptors (Lipinski definition) is 5. The molecule has 8 heteroatoms.